The lowest BCUT2D eigenvalue weighted by molar-refractivity contribution is 0.0629. The van der Waals surface area contributed by atoms with Gasteiger partial charge in [-0.25, -0.2) is 4.79 Å². The van der Waals surface area contributed by atoms with Crippen LogP contribution in [-0.4, -0.2) is 66.2 Å². The van der Waals surface area contributed by atoms with Crippen molar-refractivity contribution in [2.75, 3.05) is 44.6 Å². The molecule has 8 heteroatoms. The molecule has 0 spiro atoms. The molecular weight excluding hydrogens is 382 g/mol. The van der Waals surface area contributed by atoms with E-state index in [4.69, 9.17) is 4.52 Å². The molecule has 3 amide bonds. The topological polar surface area (TPSA) is 90.7 Å². The fourth-order valence-corrected chi connectivity index (χ4v) is 3.36. The molecule has 2 heterocycles. The molecule has 8 nitrogen and oxygen atoms in total. The van der Waals surface area contributed by atoms with Crippen LogP contribution in [-0.2, 0) is 5.41 Å². The molecule has 1 saturated heterocycles. The van der Waals surface area contributed by atoms with Gasteiger partial charge < -0.3 is 20.1 Å². The van der Waals surface area contributed by atoms with Gasteiger partial charge in [0.05, 0.1) is 0 Å². The summed E-state index contributed by atoms with van der Waals surface area (Å²) in [5.41, 5.74) is 2.44. The van der Waals surface area contributed by atoms with E-state index in [2.05, 4.69) is 41.5 Å². The van der Waals surface area contributed by atoms with E-state index in [1.54, 1.807) is 17.9 Å². The van der Waals surface area contributed by atoms with Crippen molar-refractivity contribution in [3.05, 3.63) is 47.3 Å². The van der Waals surface area contributed by atoms with Crippen molar-refractivity contribution in [3.63, 3.8) is 0 Å². The second-order valence-corrected chi connectivity index (χ2v) is 8.66. The lowest BCUT2D eigenvalue weighted by atomic mass is 9.87. The van der Waals surface area contributed by atoms with Crippen LogP contribution in [0.15, 0.2) is 34.9 Å². The highest BCUT2D eigenvalue weighted by Gasteiger charge is 2.24. The molecule has 0 radical (unpaired) electrons. The molecule has 0 unspecified atom stereocenters. The summed E-state index contributed by atoms with van der Waals surface area (Å²) in [6.45, 7) is 12.3. The molecule has 2 N–H and O–H groups in total. The number of anilines is 1. The number of urea groups is 1. The summed E-state index contributed by atoms with van der Waals surface area (Å²) in [6, 6.07) is 9.37. The number of hydrogen-bond acceptors (Lipinski definition) is 5. The number of nitrogens with zero attached hydrogens (tertiary/aromatic N) is 3. The summed E-state index contributed by atoms with van der Waals surface area (Å²) in [5.74, 6) is 0.535. The monoisotopic (exact) mass is 413 g/mol. The van der Waals surface area contributed by atoms with Crippen molar-refractivity contribution in [3.8, 4) is 0 Å². The van der Waals surface area contributed by atoms with E-state index in [9.17, 15) is 9.59 Å². The Kier molecular flexibility index (Phi) is 6.77. The number of aromatic nitrogens is 1. The average molecular weight is 414 g/mol. The summed E-state index contributed by atoms with van der Waals surface area (Å²) in [6.07, 6.45) is 0. The molecule has 0 aliphatic carbocycles. The van der Waals surface area contributed by atoms with Gasteiger partial charge in [0.15, 0.2) is 5.69 Å². The van der Waals surface area contributed by atoms with Crippen molar-refractivity contribution < 1.29 is 14.1 Å². The number of rotatable bonds is 5. The summed E-state index contributed by atoms with van der Waals surface area (Å²) in [7, 11) is 0. The fourth-order valence-electron chi connectivity index (χ4n) is 3.36. The van der Waals surface area contributed by atoms with Crippen LogP contribution in [0.1, 0.15) is 42.6 Å². The van der Waals surface area contributed by atoms with Crippen LogP contribution in [0.5, 0.6) is 0 Å². The van der Waals surface area contributed by atoms with E-state index in [-0.39, 0.29) is 17.4 Å². The van der Waals surface area contributed by atoms with E-state index in [1.807, 2.05) is 24.3 Å². The van der Waals surface area contributed by atoms with E-state index in [0.717, 1.165) is 25.3 Å². The van der Waals surface area contributed by atoms with Gasteiger partial charge in [-0.1, -0.05) is 38.1 Å². The standard InChI is InChI=1S/C22H31N5O3/c1-16-15-19(25-30-16)20(28)27-13-11-26(12-14-27)10-9-23-21(29)24-18-7-5-17(6-8-18)22(2,3)4/h5-8,15H,9-14H2,1-4H3,(H2,23,24,29). The SMILES string of the molecule is Cc1cc(C(=O)N2CCN(CCNC(=O)Nc3ccc(C(C)(C)C)cc3)CC2)no1. The fraction of sp³-hybridized carbons (Fsp3) is 0.500. The van der Waals surface area contributed by atoms with E-state index in [0.29, 0.717) is 31.1 Å². The van der Waals surface area contributed by atoms with Gasteiger partial charge in [0.2, 0.25) is 0 Å². The van der Waals surface area contributed by atoms with Crippen molar-refractivity contribution in [1.82, 2.24) is 20.3 Å². The molecule has 0 bridgehead atoms. The average Bonchev–Trinajstić information content (AvgIpc) is 3.14. The second-order valence-electron chi connectivity index (χ2n) is 8.66. The van der Waals surface area contributed by atoms with Gasteiger partial charge >= 0.3 is 6.03 Å². The third-order valence-electron chi connectivity index (χ3n) is 5.23. The first kappa shape index (κ1) is 21.8. The zero-order chi connectivity index (χ0) is 21.7. The molecule has 162 valence electrons. The van der Waals surface area contributed by atoms with Crippen LogP contribution < -0.4 is 10.6 Å². The van der Waals surface area contributed by atoms with Crippen LogP contribution in [0, 0.1) is 6.92 Å². The maximum Gasteiger partial charge on any atom is 0.319 e. The van der Waals surface area contributed by atoms with Crippen LogP contribution in [0.25, 0.3) is 0 Å². The third-order valence-corrected chi connectivity index (χ3v) is 5.23. The first-order valence-electron chi connectivity index (χ1n) is 10.3. The Morgan fingerprint density at radius 3 is 2.33 bits per heavy atom. The molecule has 1 aromatic carbocycles. The van der Waals surface area contributed by atoms with Crippen molar-refractivity contribution in [1.29, 1.82) is 0 Å². The first-order valence-corrected chi connectivity index (χ1v) is 10.3. The highest BCUT2D eigenvalue weighted by molar-refractivity contribution is 5.92. The minimum Gasteiger partial charge on any atom is -0.361 e. The minimum absolute atomic E-state index is 0.0867. The number of amides is 3. The van der Waals surface area contributed by atoms with Crippen molar-refractivity contribution in [2.24, 2.45) is 0 Å². The van der Waals surface area contributed by atoms with Crippen LogP contribution in [0.2, 0.25) is 0 Å². The highest BCUT2D eigenvalue weighted by Crippen LogP contribution is 2.23. The molecule has 3 rings (SSSR count). The predicted octanol–water partition coefficient (Wildman–Crippen LogP) is 2.86. The van der Waals surface area contributed by atoms with Gasteiger partial charge in [0.25, 0.3) is 5.91 Å². The minimum atomic E-state index is -0.214. The Morgan fingerprint density at radius 1 is 1.10 bits per heavy atom. The Bertz CT molecular complexity index is 862. The van der Waals surface area contributed by atoms with Crippen molar-refractivity contribution in [2.45, 2.75) is 33.1 Å². The first-order chi connectivity index (χ1) is 14.2. The number of piperazine rings is 1. The summed E-state index contributed by atoms with van der Waals surface area (Å²) >= 11 is 0. The van der Waals surface area contributed by atoms with Gasteiger partial charge in [-0.2, -0.15) is 0 Å². The number of carbonyl (C=O) groups is 2. The summed E-state index contributed by atoms with van der Waals surface area (Å²) < 4.78 is 4.98. The second kappa shape index (κ2) is 9.30. The number of nitrogens with one attached hydrogen (secondary N) is 2. The highest BCUT2D eigenvalue weighted by atomic mass is 16.5. The molecule has 0 atom stereocenters. The van der Waals surface area contributed by atoms with E-state index in [1.165, 1.54) is 5.56 Å². The molecule has 30 heavy (non-hydrogen) atoms. The Hall–Kier alpha value is -2.87. The number of aryl methyl sites for hydroxylation is 1. The Labute approximate surface area is 177 Å². The maximum atomic E-state index is 12.4. The van der Waals surface area contributed by atoms with E-state index < -0.39 is 0 Å². The molecule has 1 aliphatic heterocycles. The Morgan fingerprint density at radius 2 is 1.77 bits per heavy atom. The van der Waals surface area contributed by atoms with Crippen LogP contribution >= 0.6 is 0 Å². The van der Waals surface area contributed by atoms with Gasteiger partial charge in [-0.3, -0.25) is 9.69 Å². The van der Waals surface area contributed by atoms with Gasteiger partial charge in [-0.15, -0.1) is 0 Å². The molecule has 1 fully saturated rings. The van der Waals surface area contributed by atoms with E-state index >= 15 is 0 Å². The molecular formula is C22H31N5O3. The number of benzene rings is 1. The van der Waals surface area contributed by atoms with Crippen LogP contribution in [0.4, 0.5) is 10.5 Å². The number of carbonyl (C=O) groups excluding carboxylic acids is 2. The smallest absolute Gasteiger partial charge is 0.319 e. The van der Waals surface area contributed by atoms with Gasteiger partial charge in [-0.05, 0) is 30.0 Å². The van der Waals surface area contributed by atoms with Gasteiger partial charge in [0, 0.05) is 51.0 Å². The zero-order valence-corrected chi connectivity index (χ0v) is 18.2. The third kappa shape index (κ3) is 5.82. The predicted molar refractivity (Wildman–Crippen MR) is 116 cm³/mol. The lowest BCUT2D eigenvalue weighted by Crippen LogP contribution is -2.50. The lowest BCUT2D eigenvalue weighted by Gasteiger charge is -2.34. The van der Waals surface area contributed by atoms with Crippen molar-refractivity contribution >= 4 is 17.6 Å². The summed E-state index contributed by atoms with van der Waals surface area (Å²) in [5, 5.41) is 9.55. The maximum absolute atomic E-state index is 12.4. The molecule has 1 aliphatic rings. The van der Waals surface area contributed by atoms with Crippen LogP contribution in [0.3, 0.4) is 0 Å². The quantitative estimate of drug-likeness (QED) is 0.787. The summed E-state index contributed by atoms with van der Waals surface area (Å²) in [4.78, 5) is 28.5. The number of hydrogen-bond donors (Lipinski definition) is 2. The largest absolute Gasteiger partial charge is 0.361 e. The molecule has 1 aromatic heterocycles. The van der Waals surface area contributed by atoms with Gasteiger partial charge in [0.1, 0.15) is 5.76 Å². The zero-order valence-electron chi connectivity index (χ0n) is 18.2. The normalized spacial score (nSPS) is 15.1. The molecule has 0 saturated carbocycles. The molecule has 2 aromatic rings. The Balaban J connectivity index is 1.36.